The summed E-state index contributed by atoms with van der Waals surface area (Å²) in [5.74, 6) is 0.833. The van der Waals surface area contributed by atoms with Gasteiger partial charge in [0.25, 0.3) is 0 Å². The van der Waals surface area contributed by atoms with Crippen LogP contribution in [0.5, 0.6) is 23.0 Å². The normalized spacial score (nSPS) is 12.1. The third-order valence-electron chi connectivity index (χ3n) is 6.18. The van der Waals surface area contributed by atoms with Gasteiger partial charge in [0, 0.05) is 11.1 Å². The fourth-order valence-corrected chi connectivity index (χ4v) is 3.20. The third-order valence-corrected chi connectivity index (χ3v) is 6.18. The van der Waals surface area contributed by atoms with Gasteiger partial charge in [-0.3, -0.25) is 0 Å². The molecule has 0 radical (unpaired) electrons. The Hall–Kier alpha value is -2.36. The first-order valence-electron chi connectivity index (χ1n) is 9.85. The number of ether oxygens (including phenoxy) is 2. The molecule has 0 heterocycles. The van der Waals surface area contributed by atoms with Crippen LogP contribution in [0.15, 0.2) is 24.3 Å². The number of aromatic hydroxyl groups is 2. The van der Waals surface area contributed by atoms with E-state index in [-0.39, 0.29) is 22.3 Å². The molecule has 2 aromatic carbocycles. The van der Waals surface area contributed by atoms with Crippen LogP contribution >= 0.6 is 0 Å². The van der Waals surface area contributed by atoms with Crippen molar-refractivity contribution >= 4 is 0 Å². The van der Waals surface area contributed by atoms with Crippen molar-refractivity contribution in [1.29, 1.82) is 0 Å². The van der Waals surface area contributed by atoms with Crippen LogP contribution in [0.3, 0.4) is 0 Å². The van der Waals surface area contributed by atoms with Gasteiger partial charge in [-0.2, -0.15) is 0 Å². The fourth-order valence-electron chi connectivity index (χ4n) is 3.20. The van der Waals surface area contributed by atoms with Crippen LogP contribution in [-0.2, 0) is 10.8 Å². The highest BCUT2D eigenvalue weighted by Crippen LogP contribution is 2.47. The number of rotatable bonds is 7. The zero-order chi connectivity index (χ0) is 21.3. The zero-order valence-electron chi connectivity index (χ0n) is 18.4. The molecule has 0 saturated heterocycles. The number of phenolic OH excluding ortho intramolecular Hbond substituents is 2. The van der Waals surface area contributed by atoms with Gasteiger partial charge < -0.3 is 19.7 Å². The maximum Gasteiger partial charge on any atom is 0.200 e. The van der Waals surface area contributed by atoms with Gasteiger partial charge in [-0.1, -0.05) is 47.6 Å². The van der Waals surface area contributed by atoms with Crippen molar-refractivity contribution in [2.24, 2.45) is 0 Å². The lowest BCUT2D eigenvalue weighted by Crippen LogP contribution is -2.20. The van der Waals surface area contributed by atoms with Crippen LogP contribution in [0, 0.1) is 0 Å². The summed E-state index contributed by atoms with van der Waals surface area (Å²) in [5.41, 5.74) is 3.34. The summed E-state index contributed by atoms with van der Waals surface area (Å²) in [6.07, 6.45) is 1.88. The first kappa shape index (κ1) is 21.9. The average molecular weight is 387 g/mol. The molecule has 0 amide bonds. The number of benzene rings is 2. The molecule has 4 heteroatoms. The van der Waals surface area contributed by atoms with Crippen molar-refractivity contribution in [1.82, 2.24) is 0 Å². The molecule has 0 aliphatic heterocycles. The van der Waals surface area contributed by atoms with Crippen LogP contribution < -0.4 is 9.47 Å². The van der Waals surface area contributed by atoms with Gasteiger partial charge in [0.05, 0.1) is 14.2 Å². The minimum atomic E-state index is -0.177. The molecule has 0 atom stereocenters. The Labute approximate surface area is 169 Å². The van der Waals surface area contributed by atoms with E-state index < -0.39 is 0 Å². The maximum absolute atomic E-state index is 11.2. The van der Waals surface area contributed by atoms with E-state index in [0.717, 1.165) is 24.0 Å². The van der Waals surface area contributed by atoms with E-state index in [0.29, 0.717) is 17.1 Å². The van der Waals surface area contributed by atoms with Crippen molar-refractivity contribution < 1.29 is 19.7 Å². The maximum atomic E-state index is 11.2. The average Bonchev–Trinajstić information content (AvgIpc) is 2.68. The number of phenols is 2. The zero-order valence-corrected chi connectivity index (χ0v) is 18.4. The van der Waals surface area contributed by atoms with Gasteiger partial charge >= 0.3 is 0 Å². The lowest BCUT2D eigenvalue weighted by atomic mass is 9.74. The van der Waals surface area contributed by atoms with Crippen molar-refractivity contribution in [2.45, 2.75) is 65.2 Å². The Morgan fingerprint density at radius 3 is 1.68 bits per heavy atom. The van der Waals surface area contributed by atoms with E-state index in [9.17, 15) is 10.2 Å². The predicted octanol–water partition coefficient (Wildman–Crippen LogP) is 6.16. The van der Waals surface area contributed by atoms with Crippen LogP contribution in [-0.4, -0.2) is 24.4 Å². The third kappa shape index (κ3) is 3.91. The van der Waals surface area contributed by atoms with E-state index in [1.54, 1.807) is 12.1 Å². The molecular weight excluding hydrogens is 352 g/mol. The second-order valence-electron chi connectivity index (χ2n) is 8.62. The summed E-state index contributed by atoms with van der Waals surface area (Å²) >= 11 is 0. The van der Waals surface area contributed by atoms with E-state index in [1.165, 1.54) is 19.8 Å². The minimum Gasteiger partial charge on any atom is -0.507 e. The van der Waals surface area contributed by atoms with E-state index in [2.05, 4.69) is 47.6 Å². The van der Waals surface area contributed by atoms with Crippen molar-refractivity contribution in [3.05, 3.63) is 35.4 Å². The molecule has 0 fully saturated rings. The largest absolute Gasteiger partial charge is 0.507 e. The molecule has 0 aliphatic rings. The summed E-state index contributed by atoms with van der Waals surface area (Å²) in [7, 11) is 3.00. The molecule has 0 aliphatic carbocycles. The number of methoxy groups -OCH3 is 2. The molecular formula is C24H34O4. The molecule has 0 bridgehead atoms. The lowest BCUT2D eigenvalue weighted by molar-refractivity contribution is 0.340. The smallest absolute Gasteiger partial charge is 0.200 e. The molecule has 0 saturated carbocycles. The van der Waals surface area contributed by atoms with Gasteiger partial charge in [0.1, 0.15) is 5.75 Å². The molecule has 2 N–H and O–H groups in total. The molecule has 4 nitrogen and oxygen atoms in total. The molecule has 0 aromatic heterocycles. The molecule has 0 unspecified atom stereocenters. The molecule has 2 rings (SSSR count). The summed E-state index contributed by atoms with van der Waals surface area (Å²) in [4.78, 5) is 0. The van der Waals surface area contributed by atoms with Crippen molar-refractivity contribution in [3.63, 3.8) is 0 Å². The van der Waals surface area contributed by atoms with Gasteiger partial charge in [-0.15, -0.1) is 0 Å². The highest BCUT2D eigenvalue weighted by Gasteiger charge is 2.29. The molecule has 0 spiro atoms. The number of hydrogen-bond acceptors (Lipinski definition) is 4. The Morgan fingerprint density at radius 2 is 1.25 bits per heavy atom. The fraction of sp³-hybridized carbons (Fsp3) is 0.500. The Bertz CT molecular complexity index is 825. The first-order valence-corrected chi connectivity index (χ1v) is 9.85. The lowest BCUT2D eigenvalue weighted by Gasteiger charge is -2.31. The topological polar surface area (TPSA) is 58.9 Å². The molecule has 154 valence electrons. The Kier molecular flexibility index (Phi) is 6.22. The summed E-state index contributed by atoms with van der Waals surface area (Å²) in [6, 6.07) is 7.65. The second kappa shape index (κ2) is 7.94. The van der Waals surface area contributed by atoms with Crippen molar-refractivity contribution in [2.75, 3.05) is 14.2 Å². The van der Waals surface area contributed by atoms with E-state index >= 15 is 0 Å². The van der Waals surface area contributed by atoms with E-state index in [1.807, 2.05) is 6.07 Å². The first-order chi connectivity index (χ1) is 13.0. The monoisotopic (exact) mass is 386 g/mol. The van der Waals surface area contributed by atoms with Crippen molar-refractivity contribution in [3.8, 4) is 34.1 Å². The van der Waals surface area contributed by atoms with E-state index in [4.69, 9.17) is 9.47 Å². The summed E-state index contributed by atoms with van der Waals surface area (Å²) in [6.45, 7) is 13.0. The Morgan fingerprint density at radius 1 is 0.750 bits per heavy atom. The van der Waals surface area contributed by atoms with Crippen LogP contribution in [0.1, 0.15) is 65.5 Å². The summed E-state index contributed by atoms with van der Waals surface area (Å²) in [5, 5.41) is 21.5. The highest BCUT2D eigenvalue weighted by atomic mass is 16.5. The van der Waals surface area contributed by atoms with Gasteiger partial charge in [-0.05, 0) is 53.0 Å². The van der Waals surface area contributed by atoms with Gasteiger partial charge in [0.15, 0.2) is 11.5 Å². The SMILES string of the molecule is CCC(C)(C)c1cc(-c2cc(OC)c(O)c(OC)c2)c(O)c(C(C)(C)CC)c1. The highest BCUT2D eigenvalue weighted by molar-refractivity contribution is 5.77. The summed E-state index contributed by atoms with van der Waals surface area (Å²) < 4.78 is 10.6. The second-order valence-corrected chi connectivity index (χ2v) is 8.62. The van der Waals surface area contributed by atoms with Crippen LogP contribution in [0.4, 0.5) is 0 Å². The van der Waals surface area contributed by atoms with Crippen LogP contribution in [0.25, 0.3) is 11.1 Å². The quantitative estimate of drug-likeness (QED) is 0.598. The van der Waals surface area contributed by atoms with Gasteiger partial charge in [-0.25, -0.2) is 0 Å². The Balaban J connectivity index is 2.87. The van der Waals surface area contributed by atoms with Gasteiger partial charge in [0.2, 0.25) is 5.75 Å². The molecule has 28 heavy (non-hydrogen) atoms. The number of hydrogen-bond donors (Lipinski definition) is 2. The van der Waals surface area contributed by atoms with Crippen LogP contribution in [0.2, 0.25) is 0 Å². The standard InChI is InChI=1S/C24H34O4/c1-9-23(3,4)16-13-17(21(25)18(14-16)24(5,6)10-2)15-11-19(27-7)22(26)20(12-15)28-8/h11-14,25-26H,9-10H2,1-8H3. The molecule has 2 aromatic rings. The predicted molar refractivity (Wildman–Crippen MR) is 115 cm³/mol. The minimum absolute atomic E-state index is 0.0356.